The highest BCUT2D eigenvalue weighted by Crippen LogP contribution is 2.22. The van der Waals surface area contributed by atoms with Crippen molar-refractivity contribution in [3.8, 4) is 6.07 Å². The van der Waals surface area contributed by atoms with Gasteiger partial charge in [0.15, 0.2) is 0 Å². The van der Waals surface area contributed by atoms with Gasteiger partial charge in [-0.25, -0.2) is 0 Å². The van der Waals surface area contributed by atoms with E-state index in [0.717, 1.165) is 37.3 Å². The smallest absolute Gasteiger partial charge is 0.0672 e. The van der Waals surface area contributed by atoms with Crippen LogP contribution in [-0.2, 0) is 0 Å². The van der Waals surface area contributed by atoms with Crippen molar-refractivity contribution in [1.82, 2.24) is 5.32 Å². The zero-order chi connectivity index (χ0) is 12.3. The van der Waals surface area contributed by atoms with E-state index in [9.17, 15) is 0 Å². The molecule has 2 unspecified atom stereocenters. The third kappa shape index (κ3) is 6.30. The van der Waals surface area contributed by atoms with Gasteiger partial charge >= 0.3 is 0 Å². The van der Waals surface area contributed by atoms with Gasteiger partial charge in [0.05, 0.1) is 12.0 Å². The second-order valence-electron chi connectivity index (χ2n) is 4.62. The zero-order valence-electron chi connectivity index (χ0n) is 10.5. The van der Waals surface area contributed by atoms with E-state index in [1.165, 1.54) is 19.3 Å². The number of rotatable bonds is 7. The lowest BCUT2D eigenvalue weighted by molar-refractivity contribution is 0.296. The van der Waals surface area contributed by atoms with Crippen LogP contribution in [-0.4, -0.2) is 35.8 Å². The fourth-order valence-corrected chi connectivity index (χ4v) is 3.09. The van der Waals surface area contributed by atoms with Crippen molar-refractivity contribution in [3.63, 3.8) is 0 Å². The first-order valence-corrected chi connectivity index (χ1v) is 7.85. The molecule has 2 N–H and O–H groups in total. The van der Waals surface area contributed by atoms with Crippen molar-refractivity contribution in [2.75, 3.05) is 24.7 Å². The Morgan fingerprint density at radius 1 is 1.24 bits per heavy atom. The van der Waals surface area contributed by atoms with Gasteiger partial charge in [0.25, 0.3) is 0 Å². The number of aliphatic hydroxyl groups is 1. The van der Waals surface area contributed by atoms with Crippen molar-refractivity contribution in [3.05, 3.63) is 0 Å². The van der Waals surface area contributed by atoms with E-state index in [1.54, 1.807) is 0 Å². The van der Waals surface area contributed by atoms with Crippen molar-refractivity contribution in [1.29, 1.82) is 5.26 Å². The van der Waals surface area contributed by atoms with Crippen LogP contribution in [0.1, 0.15) is 38.5 Å². The second-order valence-corrected chi connectivity index (χ2v) is 5.85. The summed E-state index contributed by atoms with van der Waals surface area (Å²) < 4.78 is 0. The molecular formula is C13H24N2OS. The van der Waals surface area contributed by atoms with Gasteiger partial charge in [-0.1, -0.05) is 19.3 Å². The van der Waals surface area contributed by atoms with E-state index in [0.29, 0.717) is 12.6 Å². The molecule has 98 valence electrons. The number of hydrogen-bond acceptors (Lipinski definition) is 4. The van der Waals surface area contributed by atoms with Crippen LogP contribution in [0.25, 0.3) is 0 Å². The quantitative estimate of drug-likeness (QED) is 0.541. The normalized spacial score (nSPS) is 25.2. The second kappa shape index (κ2) is 9.76. The number of nitrogens with one attached hydrogen (secondary N) is 1. The molecule has 0 aromatic rings. The maximum atomic E-state index is 9.14. The highest BCUT2D eigenvalue weighted by molar-refractivity contribution is 7.99. The molecule has 0 aliphatic heterocycles. The van der Waals surface area contributed by atoms with Gasteiger partial charge in [-0.3, -0.25) is 0 Å². The van der Waals surface area contributed by atoms with Crippen molar-refractivity contribution >= 4 is 11.8 Å². The summed E-state index contributed by atoms with van der Waals surface area (Å²) >= 11 is 1.88. The third-order valence-electron chi connectivity index (χ3n) is 3.28. The van der Waals surface area contributed by atoms with Crippen LogP contribution in [0.5, 0.6) is 0 Å². The summed E-state index contributed by atoms with van der Waals surface area (Å²) in [6, 6.07) is 2.86. The first-order valence-electron chi connectivity index (χ1n) is 6.70. The van der Waals surface area contributed by atoms with Crippen LogP contribution in [0.3, 0.4) is 0 Å². The van der Waals surface area contributed by atoms with Gasteiger partial charge in [0.1, 0.15) is 0 Å². The molecule has 0 saturated heterocycles. The molecule has 2 atom stereocenters. The average Bonchev–Trinajstić information content (AvgIpc) is 2.58. The number of hydrogen-bond donors (Lipinski definition) is 2. The Hall–Kier alpha value is -0.240. The van der Waals surface area contributed by atoms with E-state index < -0.39 is 0 Å². The Labute approximate surface area is 109 Å². The molecule has 0 spiro atoms. The molecule has 0 radical (unpaired) electrons. The molecule has 0 aromatic carbocycles. The Morgan fingerprint density at radius 2 is 2.06 bits per heavy atom. The number of nitrogens with zero attached hydrogens (tertiary/aromatic N) is 1. The molecule has 1 aliphatic carbocycles. The SMILES string of the molecule is N#CC1CCCCCC1NCCSCCCO. The molecule has 0 heterocycles. The molecule has 0 amide bonds. The molecule has 17 heavy (non-hydrogen) atoms. The monoisotopic (exact) mass is 256 g/mol. The van der Waals surface area contributed by atoms with Crippen LogP contribution in [0, 0.1) is 17.2 Å². The molecule has 3 nitrogen and oxygen atoms in total. The van der Waals surface area contributed by atoms with E-state index in [2.05, 4.69) is 11.4 Å². The average molecular weight is 256 g/mol. The summed E-state index contributed by atoms with van der Waals surface area (Å²) in [6.07, 6.45) is 6.84. The van der Waals surface area contributed by atoms with E-state index in [1.807, 2.05) is 11.8 Å². The fraction of sp³-hybridized carbons (Fsp3) is 0.923. The lowest BCUT2D eigenvalue weighted by Gasteiger charge is -2.20. The predicted molar refractivity (Wildman–Crippen MR) is 73.0 cm³/mol. The van der Waals surface area contributed by atoms with Crippen molar-refractivity contribution in [2.45, 2.75) is 44.6 Å². The van der Waals surface area contributed by atoms with E-state index in [-0.39, 0.29) is 5.92 Å². The van der Waals surface area contributed by atoms with Gasteiger partial charge in [0, 0.05) is 24.9 Å². The first-order chi connectivity index (χ1) is 8.38. The largest absolute Gasteiger partial charge is 0.396 e. The lowest BCUT2D eigenvalue weighted by Crippen LogP contribution is -2.36. The van der Waals surface area contributed by atoms with Gasteiger partial charge in [-0.15, -0.1) is 0 Å². The summed E-state index contributed by atoms with van der Waals surface area (Å²) in [7, 11) is 0. The van der Waals surface area contributed by atoms with E-state index in [4.69, 9.17) is 10.4 Å². The molecule has 1 rings (SSSR count). The highest BCUT2D eigenvalue weighted by atomic mass is 32.2. The minimum atomic E-state index is 0.208. The molecule has 0 bridgehead atoms. The zero-order valence-corrected chi connectivity index (χ0v) is 11.3. The van der Waals surface area contributed by atoms with Crippen molar-refractivity contribution in [2.24, 2.45) is 5.92 Å². The fourth-order valence-electron chi connectivity index (χ4n) is 2.29. The molecule has 1 fully saturated rings. The third-order valence-corrected chi connectivity index (χ3v) is 4.35. The Bertz CT molecular complexity index is 230. The predicted octanol–water partition coefficient (Wildman–Crippen LogP) is 2.16. The van der Waals surface area contributed by atoms with Gasteiger partial charge in [-0.2, -0.15) is 17.0 Å². The number of thioether (sulfide) groups is 1. The standard InChI is InChI=1S/C13H24N2OS/c14-11-12-5-2-1-3-6-13(12)15-7-10-17-9-4-8-16/h12-13,15-16H,1-10H2. The minimum absolute atomic E-state index is 0.208. The number of aliphatic hydroxyl groups excluding tert-OH is 1. The summed E-state index contributed by atoms with van der Waals surface area (Å²) in [4.78, 5) is 0. The Morgan fingerprint density at radius 3 is 2.82 bits per heavy atom. The Balaban J connectivity index is 2.13. The molecular weight excluding hydrogens is 232 g/mol. The maximum Gasteiger partial charge on any atom is 0.0672 e. The van der Waals surface area contributed by atoms with Crippen LogP contribution >= 0.6 is 11.8 Å². The Kier molecular flexibility index (Phi) is 8.50. The minimum Gasteiger partial charge on any atom is -0.396 e. The first kappa shape index (κ1) is 14.8. The van der Waals surface area contributed by atoms with Gasteiger partial charge in [0.2, 0.25) is 0 Å². The van der Waals surface area contributed by atoms with E-state index >= 15 is 0 Å². The topological polar surface area (TPSA) is 56.0 Å². The summed E-state index contributed by atoms with van der Waals surface area (Å²) in [6.45, 7) is 1.28. The van der Waals surface area contributed by atoms with Gasteiger partial charge in [-0.05, 0) is 25.0 Å². The summed E-state index contributed by atoms with van der Waals surface area (Å²) in [5.74, 6) is 2.32. The van der Waals surface area contributed by atoms with Gasteiger partial charge < -0.3 is 10.4 Å². The summed E-state index contributed by atoms with van der Waals surface area (Å²) in [5, 5.41) is 21.3. The molecule has 0 aromatic heterocycles. The highest BCUT2D eigenvalue weighted by Gasteiger charge is 2.22. The lowest BCUT2D eigenvalue weighted by atomic mass is 9.96. The molecule has 1 saturated carbocycles. The van der Waals surface area contributed by atoms with Crippen LogP contribution in [0.2, 0.25) is 0 Å². The van der Waals surface area contributed by atoms with Crippen LogP contribution in [0.15, 0.2) is 0 Å². The van der Waals surface area contributed by atoms with Crippen molar-refractivity contribution < 1.29 is 5.11 Å². The molecule has 4 heteroatoms. The van der Waals surface area contributed by atoms with Crippen LogP contribution < -0.4 is 5.32 Å². The number of nitriles is 1. The maximum absolute atomic E-state index is 9.14. The van der Waals surface area contributed by atoms with Crippen LogP contribution in [0.4, 0.5) is 0 Å². The molecule has 1 aliphatic rings. The summed E-state index contributed by atoms with van der Waals surface area (Å²) in [5.41, 5.74) is 0.